The van der Waals surface area contributed by atoms with Crippen molar-refractivity contribution in [2.75, 3.05) is 7.11 Å². The summed E-state index contributed by atoms with van der Waals surface area (Å²) in [6.45, 7) is 4.02. The van der Waals surface area contributed by atoms with E-state index < -0.39 is 0 Å². The summed E-state index contributed by atoms with van der Waals surface area (Å²) in [7, 11) is 1.66. The highest BCUT2D eigenvalue weighted by atomic mass is 32.1. The zero-order chi connectivity index (χ0) is 14.5. The predicted octanol–water partition coefficient (Wildman–Crippen LogP) is 3.10. The highest BCUT2D eigenvalue weighted by Crippen LogP contribution is 2.31. The van der Waals surface area contributed by atoms with Crippen molar-refractivity contribution in [2.45, 2.75) is 26.0 Å². The van der Waals surface area contributed by atoms with Gasteiger partial charge in [0.2, 0.25) is 0 Å². The summed E-state index contributed by atoms with van der Waals surface area (Å²) < 4.78 is 10.9. The Morgan fingerprint density at radius 3 is 2.35 bits per heavy atom. The summed E-state index contributed by atoms with van der Waals surface area (Å²) in [6.07, 6.45) is 0.172. The molecule has 0 bridgehead atoms. The van der Waals surface area contributed by atoms with E-state index in [2.05, 4.69) is 5.43 Å². The highest BCUT2D eigenvalue weighted by Gasteiger charge is 2.15. The van der Waals surface area contributed by atoms with Crippen molar-refractivity contribution in [3.05, 3.63) is 46.2 Å². The van der Waals surface area contributed by atoms with Gasteiger partial charge in [0.15, 0.2) is 0 Å². The quantitative estimate of drug-likeness (QED) is 0.634. The van der Waals surface area contributed by atoms with E-state index in [0.29, 0.717) is 0 Å². The smallest absolute Gasteiger partial charge is 0.129 e. The van der Waals surface area contributed by atoms with E-state index in [1.54, 1.807) is 18.4 Å². The van der Waals surface area contributed by atoms with Gasteiger partial charge in [0.05, 0.1) is 19.3 Å². The molecule has 5 heteroatoms. The fraction of sp³-hybridized carbons (Fsp3) is 0.333. The first-order chi connectivity index (χ1) is 9.63. The SMILES string of the molecule is COc1csc(C(NN)c2ccc(OC(C)C)cc2)c1. The number of benzene rings is 1. The molecule has 1 heterocycles. The van der Waals surface area contributed by atoms with Crippen molar-refractivity contribution >= 4 is 11.3 Å². The van der Waals surface area contributed by atoms with Gasteiger partial charge in [-0.25, -0.2) is 5.43 Å². The van der Waals surface area contributed by atoms with Crippen molar-refractivity contribution in [1.29, 1.82) is 0 Å². The van der Waals surface area contributed by atoms with Gasteiger partial charge in [0.25, 0.3) is 0 Å². The fourth-order valence-electron chi connectivity index (χ4n) is 1.95. The molecule has 2 aromatic rings. The van der Waals surface area contributed by atoms with E-state index in [9.17, 15) is 0 Å². The van der Waals surface area contributed by atoms with Gasteiger partial charge in [-0.1, -0.05) is 12.1 Å². The van der Waals surface area contributed by atoms with Crippen LogP contribution in [0.25, 0.3) is 0 Å². The van der Waals surface area contributed by atoms with Gasteiger partial charge in [0.1, 0.15) is 11.5 Å². The first-order valence-electron chi connectivity index (χ1n) is 6.49. The van der Waals surface area contributed by atoms with Gasteiger partial charge < -0.3 is 9.47 Å². The molecule has 0 aliphatic carbocycles. The molecule has 3 N–H and O–H groups in total. The summed E-state index contributed by atoms with van der Waals surface area (Å²) in [4.78, 5) is 1.11. The van der Waals surface area contributed by atoms with Crippen LogP contribution in [0.2, 0.25) is 0 Å². The molecule has 108 valence electrons. The normalized spacial score (nSPS) is 12.4. The molecule has 1 atom stereocenters. The Kier molecular flexibility index (Phi) is 5.00. The second-order valence-corrected chi connectivity index (χ2v) is 5.67. The number of nitrogens with one attached hydrogen (secondary N) is 1. The number of thiophene rings is 1. The molecule has 2 rings (SSSR count). The number of rotatable bonds is 6. The van der Waals surface area contributed by atoms with Crippen LogP contribution in [0.1, 0.15) is 30.3 Å². The van der Waals surface area contributed by atoms with E-state index in [-0.39, 0.29) is 12.1 Å². The number of hydrazine groups is 1. The lowest BCUT2D eigenvalue weighted by Crippen LogP contribution is -2.28. The van der Waals surface area contributed by atoms with Crippen molar-refractivity contribution in [3.8, 4) is 11.5 Å². The van der Waals surface area contributed by atoms with Crippen LogP contribution in [0.3, 0.4) is 0 Å². The van der Waals surface area contributed by atoms with E-state index in [4.69, 9.17) is 15.3 Å². The maximum absolute atomic E-state index is 5.69. The minimum absolute atomic E-state index is 0.0444. The molecule has 0 saturated heterocycles. The maximum Gasteiger partial charge on any atom is 0.129 e. The molecule has 1 unspecified atom stereocenters. The second-order valence-electron chi connectivity index (χ2n) is 4.72. The molecule has 1 aromatic heterocycles. The molecule has 0 radical (unpaired) electrons. The van der Waals surface area contributed by atoms with Crippen LogP contribution in [-0.2, 0) is 0 Å². The summed E-state index contributed by atoms with van der Waals surface area (Å²) in [5.41, 5.74) is 3.94. The average Bonchev–Trinajstić information content (AvgIpc) is 2.90. The molecule has 0 fully saturated rings. The van der Waals surface area contributed by atoms with Crippen LogP contribution in [0.4, 0.5) is 0 Å². The summed E-state index contributed by atoms with van der Waals surface area (Å²) >= 11 is 1.62. The fourth-order valence-corrected chi connectivity index (χ4v) is 2.89. The lowest BCUT2D eigenvalue weighted by atomic mass is 10.1. The van der Waals surface area contributed by atoms with E-state index in [0.717, 1.165) is 21.9 Å². The third-order valence-corrected chi connectivity index (χ3v) is 3.84. The van der Waals surface area contributed by atoms with Gasteiger partial charge in [-0.2, -0.15) is 0 Å². The van der Waals surface area contributed by atoms with Gasteiger partial charge in [-0.3, -0.25) is 5.84 Å². The lowest BCUT2D eigenvalue weighted by molar-refractivity contribution is 0.242. The Labute approximate surface area is 123 Å². The van der Waals surface area contributed by atoms with Crippen LogP contribution in [0.15, 0.2) is 35.7 Å². The topological polar surface area (TPSA) is 56.5 Å². The van der Waals surface area contributed by atoms with Gasteiger partial charge in [0, 0.05) is 10.3 Å². The predicted molar refractivity (Wildman–Crippen MR) is 82.2 cm³/mol. The number of hydrogen-bond acceptors (Lipinski definition) is 5. The van der Waals surface area contributed by atoms with Crippen LogP contribution in [0, 0.1) is 0 Å². The molecule has 0 spiro atoms. The van der Waals surface area contributed by atoms with Gasteiger partial charge in [-0.05, 0) is 37.6 Å². The van der Waals surface area contributed by atoms with Crippen LogP contribution in [0.5, 0.6) is 11.5 Å². The lowest BCUT2D eigenvalue weighted by Gasteiger charge is -2.16. The third kappa shape index (κ3) is 3.50. The second kappa shape index (κ2) is 6.74. The van der Waals surface area contributed by atoms with E-state index in [1.807, 2.05) is 49.6 Å². The molecule has 4 nitrogen and oxygen atoms in total. The molecule has 0 saturated carbocycles. The van der Waals surface area contributed by atoms with Gasteiger partial charge in [-0.15, -0.1) is 11.3 Å². The van der Waals surface area contributed by atoms with Gasteiger partial charge >= 0.3 is 0 Å². The average molecular weight is 292 g/mol. The molecule has 1 aromatic carbocycles. The number of nitrogens with two attached hydrogens (primary N) is 1. The molecule has 0 aliphatic heterocycles. The number of ether oxygens (including phenoxy) is 2. The summed E-state index contributed by atoms with van der Waals surface area (Å²) in [5.74, 6) is 7.41. The minimum Gasteiger partial charge on any atom is -0.496 e. The monoisotopic (exact) mass is 292 g/mol. The molecule has 0 amide bonds. The Bertz CT molecular complexity index is 537. The zero-order valence-electron chi connectivity index (χ0n) is 11.9. The van der Waals surface area contributed by atoms with Crippen molar-refractivity contribution in [2.24, 2.45) is 5.84 Å². The van der Waals surface area contributed by atoms with E-state index in [1.165, 1.54) is 0 Å². The molecule has 0 aliphatic rings. The van der Waals surface area contributed by atoms with Crippen molar-refractivity contribution in [3.63, 3.8) is 0 Å². The van der Waals surface area contributed by atoms with Crippen molar-refractivity contribution in [1.82, 2.24) is 5.43 Å². The number of hydrogen-bond donors (Lipinski definition) is 2. The maximum atomic E-state index is 5.69. The van der Waals surface area contributed by atoms with Crippen LogP contribution < -0.4 is 20.7 Å². The first-order valence-corrected chi connectivity index (χ1v) is 7.37. The largest absolute Gasteiger partial charge is 0.496 e. The number of methoxy groups -OCH3 is 1. The standard InChI is InChI=1S/C15H20N2O2S/c1-10(2)19-12-6-4-11(5-7-12)15(17-16)14-8-13(18-3)9-20-14/h4-10,15,17H,16H2,1-3H3. The summed E-state index contributed by atoms with van der Waals surface area (Å²) in [6, 6.07) is 9.92. The Morgan fingerprint density at radius 2 is 1.85 bits per heavy atom. The summed E-state index contributed by atoms with van der Waals surface area (Å²) in [5, 5.41) is 1.97. The minimum atomic E-state index is -0.0444. The highest BCUT2D eigenvalue weighted by molar-refractivity contribution is 7.10. The van der Waals surface area contributed by atoms with Crippen LogP contribution in [-0.4, -0.2) is 13.2 Å². The third-order valence-electron chi connectivity index (χ3n) is 2.87. The molecular weight excluding hydrogens is 272 g/mol. The Balaban J connectivity index is 2.18. The van der Waals surface area contributed by atoms with Crippen LogP contribution >= 0.6 is 11.3 Å². The first kappa shape index (κ1) is 14.8. The van der Waals surface area contributed by atoms with E-state index >= 15 is 0 Å². The molecule has 20 heavy (non-hydrogen) atoms. The Morgan fingerprint density at radius 1 is 1.15 bits per heavy atom. The zero-order valence-corrected chi connectivity index (χ0v) is 12.7. The Hall–Kier alpha value is -1.56. The van der Waals surface area contributed by atoms with Crippen molar-refractivity contribution < 1.29 is 9.47 Å². The molecular formula is C15H20N2O2S.